The number of rotatable bonds is 2. The molecule has 2 aromatic rings. The van der Waals surface area contributed by atoms with E-state index in [0.29, 0.717) is 0 Å². The predicted molar refractivity (Wildman–Crippen MR) is 88.8 cm³/mol. The smallest absolute Gasteiger partial charge is 0.0535 e. The number of fused-ring (bicyclic) bond motifs is 4. The zero-order valence-corrected chi connectivity index (χ0v) is 14.1. The first-order chi connectivity index (χ1) is 9.62. The van der Waals surface area contributed by atoms with Crippen molar-refractivity contribution in [3.05, 3.63) is 71.8 Å². The van der Waals surface area contributed by atoms with E-state index in [1.54, 1.807) is 0 Å². The monoisotopic (exact) mass is 388 g/mol. The molecule has 3 fully saturated rings. The Morgan fingerprint density at radius 1 is 0.600 bits per heavy atom. The van der Waals surface area contributed by atoms with Gasteiger partial charge in [-0.1, -0.05) is 92.5 Å². The number of alkyl halides is 2. The third-order valence-corrected chi connectivity index (χ3v) is 9.81. The first kappa shape index (κ1) is 12.0. The predicted octanol–water partition coefficient (Wildman–Crippen LogP) is 4.95. The van der Waals surface area contributed by atoms with Crippen LogP contribution in [-0.2, 0) is 10.8 Å². The van der Waals surface area contributed by atoms with E-state index in [0.717, 1.165) is 0 Å². The molecule has 0 heterocycles. The Bertz CT molecular complexity index is 649. The zero-order chi connectivity index (χ0) is 13.6. The Balaban J connectivity index is 1.73. The van der Waals surface area contributed by atoms with E-state index in [1.807, 2.05) is 0 Å². The van der Waals surface area contributed by atoms with Gasteiger partial charge in [-0.2, -0.15) is 0 Å². The average Bonchev–Trinajstić information content (AvgIpc) is 3.32. The summed E-state index contributed by atoms with van der Waals surface area (Å²) in [5, 5.41) is 0. The van der Waals surface area contributed by atoms with Crippen molar-refractivity contribution in [2.24, 2.45) is 0 Å². The van der Waals surface area contributed by atoms with Gasteiger partial charge < -0.3 is 0 Å². The van der Waals surface area contributed by atoms with Crippen LogP contribution in [0.15, 0.2) is 60.7 Å². The summed E-state index contributed by atoms with van der Waals surface area (Å²) in [4.78, 5) is 0. The molecular formula is C18H14Br2. The lowest BCUT2D eigenvalue weighted by molar-refractivity contribution is 0.369. The van der Waals surface area contributed by atoms with Crippen molar-refractivity contribution >= 4 is 31.9 Å². The minimum Gasteiger partial charge on any atom is -0.0827 e. The number of halogens is 2. The fourth-order valence-electron chi connectivity index (χ4n) is 5.11. The SMILES string of the molecule is BrC12CC1(c1ccccc1)C1(c3ccccc3)CC21Br. The maximum atomic E-state index is 4.08. The van der Waals surface area contributed by atoms with Crippen LogP contribution in [0.1, 0.15) is 24.0 Å². The Kier molecular flexibility index (Phi) is 1.95. The van der Waals surface area contributed by atoms with E-state index in [-0.39, 0.29) is 19.5 Å². The van der Waals surface area contributed by atoms with Gasteiger partial charge in [0.15, 0.2) is 0 Å². The average molecular weight is 390 g/mol. The second-order valence-corrected chi connectivity index (χ2v) is 9.21. The lowest BCUT2D eigenvalue weighted by Crippen LogP contribution is -2.53. The van der Waals surface area contributed by atoms with Gasteiger partial charge in [-0.15, -0.1) is 0 Å². The Morgan fingerprint density at radius 2 is 0.950 bits per heavy atom. The molecule has 100 valence electrons. The van der Waals surface area contributed by atoms with Crippen LogP contribution in [0, 0.1) is 0 Å². The summed E-state index contributed by atoms with van der Waals surface area (Å²) in [5.41, 5.74) is 3.56. The lowest BCUT2D eigenvalue weighted by atomic mass is 9.64. The highest BCUT2D eigenvalue weighted by Crippen LogP contribution is 3.00. The van der Waals surface area contributed by atoms with E-state index in [4.69, 9.17) is 0 Å². The molecule has 4 atom stereocenters. The molecular weight excluding hydrogens is 376 g/mol. The molecule has 2 heteroatoms. The minimum atomic E-state index is 0.254. The third kappa shape index (κ3) is 0.918. The van der Waals surface area contributed by atoms with E-state index >= 15 is 0 Å². The summed E-state index contributed by atoms with van der Waals surface area (Å²) in [6.07, 6.45) is 2.48. The van der Waals surface area contributed by atoms with Gasteiger partial charge in [0.25, 0.3) is 0 Å². The molecule has 20 heavy (non-hydrogen) atoms. The summed E-state index contributed by atoms with van der Waals surface area (Å²) < 4.78 is 0.508. The molecule has 5 rings (SSSR count). The summed E-state index contributed by atoms with van der Waals surface area (Å²) in [6, 6.07) is 22.1. The first-order valence-electron chi connectivity index (χ1n) is 7.11. The molecule has 3 aliphatic rings. The zero-order valence-electron chi connectivity index (χ0n) is 10.9. The third-order valence-electron chi connectivity index (χ3n) is 6.01. The van der Waals surface area contributed by atoms with Crippen molar-refractivity contribution in [1.29, 1.82) is 0 Å². The lowest BCUT2D eigenvalue weighted by Gasteiger charge is -2.46. The highest BCUT2D eigenvalue weighted by atomic mass is 79.9. The quantitative estimate of drug-likeness (QED) is 0.637. The highest BCUT2D eigenvalue weighted by molar-refractivity contribution is 9.13. The van der Waals surface area contributed by atoms with Crippen LogP contribution in [0.3, 0.4) is 0 Å². The molecule has 0 aromatic heterocycles. The van der Waals surface area contributed by atoms with E-state index < -0.39 is 0 Å². The van der Waals surface area contributed by atoms with Crippen LogP contribution in [0.5, 0.6) is 0 Å². The van der Waals surface area contributed by atoms with Crippen LogP contribution in [0.2, 0.25) is 0 Å². The van der Waals surface area contributed by atoms with Gasteiger partial charge in [-0.25, -0.2) is 0 Å². The van der Waals surface area contributed by atoms with Gasteiger partial charge in [0.05, 0.1) is 8.65 Å². The van der Waals surface area contributed by atoms with Crippen LogP contribution in [0.25, 0.3) is 0 Å². The molecule has 0 aliphatic heterocycles. The summed E-state index contributed by atoms with van der Waals surface area (Å²) in [6.45, 7) is 0. The maximum absolute atomic E-state index is 4.08. The van der Waals surface area contributed by atoms with E-state index in [2.05, 4.69) is 92.5 Å². The molecule has 0 spiro atoms. The van der Waals surface area contributed by atoms with Crippen LogP contribution < -0.4 is 0 Å². The molecule has 0 bridgehead atoms. The number of hydrogen-bond acceptors (Lipinski definition) is 0. The van der Waals surface area contributed by atoms with Crippen molar-refractivity contribution in [2.75, 3.05) is 0 Å². The van der Waals surface area contributed by atoms with Crippen molar-refractivity contribution in [1.82, 2.24) is 0 Å². The van der Waals surface area contributed by atoms with Crippen LogP contribution in [-0.4, -0.2) is 8.65 Å². The molecule has 3 aliphatic carbocycles. The second kappa shape index (κ2) is 3.25. The van der Waals surface area contributed by atoms with Gasteiger partial charge in [-0.05, 0) is 24.0 Å². The number of hydrogen-bond donors (Lipinski definition) is 0. The first-order valence-corrected chi connectivity index (χ1v) is 8.70. The second-order valence-electron chi connectivity index (χ2n) is 6.50. The van der Waals surface area contributed by atoms with Gasteiger partial charge in [-0.3, -0.25) is 0 Å². The molecule has 4 unspecified atom stereocenters. The molecule has 3 saturated carbocycles. The molecule has 0 radical (unpaired) electrons. The van der Waals surface area contributed by atoms with E-state index in [9.17, 15) is 0 Å². The van der Waals surface area contributed by atoms with Crippen molar-refractivity contribution < 1.29 is 0 Å². The molecule has 2 aromatic carbocycles. The van der Waals surface area contributed by atoms with Crippen molar-refractivity contribution in [2.45, 2.75) is 32.3 Å². The molecule has 0 saturated heterocycles. The van der Waals surface area contributed by atoms with Gasteiger partial charge in [0, 0.05) is 10.8 Å². The maximum Gasteiger partial charge on any atom is 0.0535 e. The summed E-state index contributed by atoms with van der Waals surface area (Å²) >= 11 is 8.16. The Labute approximate surface area is 135 Å². The highest BCUT2D eigenvalue weighted by Gasteiger charge is 3.05. The Hall–Kier alpha value is -0.600. The van der Waals surface area contributed by atoms with E-state index in [1.165, 1.54) is 24.0 Å². The molecule has 0 nitrogen and oxygen atoms in total. The van der Waals surface area contributed by atoms with Gasteiger partial charge in [0.2, 0.25) is 0 Å². The topological polar surface area (TPSA) is 0 Å². The fourth-order valence-corrected chi connectivity index (χ4v) is 8.05. The van der Waals surface area contributed by atoms with Crippen LogP contribution >= 0.6 is 31.9 Å². The van der Waals surface area contributed by atoms with Crippen molar-refractivity contribution in [3.8, 4) is 0 Å². The number of benzene rings is 2. The normalized spacial score (nSPS) is 46.9. The molecule has 0 N–H and O–H groups in total. The fraction of sp³-hybridized carbons (Fsp3) is 0.333. The van der Waals surface area contributed by atoms with Gasteiger partial charge >= 0.3 is 0 Å². The standard InChI is InChI=1S/C18H14Br2/c19-17-11-15(17,13-7-3-1-4-8-13)16(12-18(16,17)20)14-9-5-2-6-10-14/h1-10H,11-12H2. The van der Waals surface area contributed by atoms with Crippen molar-refractivity contribution in [3.63, 3.8) is 0 Å². The van der Waals surface area contributed by atoms with Crippen LogP contribution in [0.4, 0.5) is 0 Å². The summed E-state index contributed by atoms with van der Waals surface area (Å²) in [5.74, 6) is 0. The molecule has 0 amide bonds. The van der Waals surface area contributed by atoms with Gasteiger partial charge in [0.1, 0.15) is 0 Å². The minimum absolute atomic E-state index is 0.254. The summed E-state index contributed by atoms with van der Waals surface area (Å²) in [7, 11) is 0. The Morgan fingerprint density at radius 3 is 1.25 bits per heavy atom. The largest absolute Gasteiger partial charge is 0.0827 e.